The van der Waals surface area contributed by atoms with E-state index in [1.54, 1.807) is 32.9 Å². The van der Waals surface area contributed by atoms with Gasteiger partial charge in [0.2, 0.25) is 0 Å². The number of ether oxygens (including phenoxy) is 1. The van der Waals surface area contributed by atoms with E-state index in [4.69, 9.17) is 4.74 Å². The first kappa shape index (κ1) is 14.2. The van der Waals surface area contributed by atoms with Crippen molar-refractivity contribution in [2.24, 2.45) is 0 Å². The fourth-order valence-electron chi connectivity index (χ4n) is 1.45. The van der Waals surface area contributed by atoms with Crippen LogP contribution in [0.1, 0.15) is 36.7 Å². The van der Waals surface area contributed by atoms with Gasteiger partial charge in [0.15, 0.2) is 5.78 Å². The third-order valence-electron chi connectivity index (χ3n) is 2.24. The van der Waals surface area contributed by atoms with E-state index in [1.807, 2.05) is 19.1 Å². The molecule has 4 nitrogen and oxygen atoms in total. The van der Waals surface area contributed by atoms with Crippen molar-refractivity contribution < 1.29 is 14.3 Å². The zero-order valence-corrected chi connectivity index (χ0v) is 11.2. The monoisotopic (exact) mass is 249 g/mol. The minimum absolute atomic E-state index is 0.0558. The lowest BCUT2D eigenvalue weighted by Gasteiger charge is -2.19. The second-order valence-electron chi connectivity index (χ2n) is 5.09. The number of carbonyl (C=O) groups is 2. The third-order valence-corrected chi connectivity index (χ3v) is 2.24. The molecule has 1 rings (SSSR count). The van der Waals surface area contributed by atoms with Gasteiger partial charge < -0.3 is 10.1 Å². The molecule has 98 valence electrons. The summed E-state index contributed by atoms with van der Waals surface area (Å²) in [4.78, 5) is 23.3. The lowest BCUT2D eigenvalue weighted by Crippen LogP contribution is -2.35. The van der Waals surface area contributed by atoms with Gasteiger partial charge in [-0.1, -0.05) is 24.3 Å². The van der Waals surface area contributed by atoms with Gasteiger partial charge in [0.1, 0.15) is 5.60 Å². The topological polar surface area (TPSA) is 55.4 Å². The molecular formula is C14H19NO3. The molecule has 1 amide bonds. The van der Waals surface area contributed by atoms with Crippen LogP contribution in [0, 0.1) is 6.92 Å². The highest BCUT2D eigenvalue weighted by atomic mass is 16.6. The van der Waals surface area contributed by atoms with Crippen LogP contribution in [0.15, 0.2) is 24.3 Å². The van der Waals surface area contributed by atoms with Crippen LogP contribution < -0.4 is 5.32 Å². The molecule has 0 aliphatic heterocycles. The van der Waals surface area contributed by atoms with E-state index in [0.717, 1.165) is 5.56 Å². The van der Waals surface area contributed by atoms with Crippen LogP contribution in [0.25, 0.3) is 0 Å². The van der Waals surface area contributed by atoms with Crippen molar-refractivity contribution in [3.8, 4) is 0 Å². The van der Waals surface area contributed by atoms with E-state index in [1.165, 1.54) is 0 Å². The van der Waals surface area contributed by atoms with Crippen molar-refractivity contribution in [3.05, 3.63) is 35.4 Å². The number of Topliss-reactive ketones (excluding diaryl/α,β-unsaturated/α-hetero) is 1. The number of rotatable bonds is 3. The third kappa shape index (κ3) is 4.57. The molecule has 0 aliphatic rings. The van der Waals surface area contributed by atoms with Crippen molar-refractivity contribution >= 4 is 11.9 Å². The van der Waals surface area contributed by atoms with Gasteiger partial charge in [-0.25, -0.2) is 4.79 Å². The van der Waals surface area contributed by atoms with Crippen molar-refractivity contribution in [2.45, 2.75) is 33.3 Å². The Kier molecular flexibility index (Phi) is 4.48. The Morgan fingerprint density at radius 1 is 1.22 bits per heavy atom. The van der Waals surface area contributed by atoms with E-state index in [-0.39, 0.29) is 12.3 Å². The van der Waals surface area contributed by atoms with Crippen LogP contribution in [-0.2, 0) is 4.74 Å². The molecule has 0 atom stereocenters. The summed E-state index contributed by atoms with van der Waals surface area (Å²) in [6.45, 7) is 7.13. The molecule has 0 bridgehead atoms. The molecule has 0 fully saturated rings. The Bertz CT molecular complexity index is 447. The van der Waals surface area contributed by atoms with Crippen LogP contribution in [0.3, 0.4) is 0 Å². The van der Waals surface area contributed by atoms with E-state index < -0.39 is 11.7 Å². The first-order valence-corrected chi connectivity index (χ1v) is 5.85. The minimum Gasteiger partial charge on any atom is -0.444 e. The maximum atomic E-state index is 11.9. The summed E-state index contributed by atoms with van der Waals surface area (Å²) < 4.78 is 5.05. The Hall–Kier alpha value is -1.84. The second kappa shape index (κ2) is 5.67. The number of hydrogen-bond acceptors (Lipinski definition) is 3. The minimum atomic E-state index is -0.579. The van der Waals surface area contributed by atoms with E-state index in [2.05, 4.69) is 5.32 Å². The Morgan fingerprint density at radius 2 is 1.83 bits per heavy atom. The van der Waals surface area contributed by atoms with Crippen LogP contribution >= 0.6 is 0 Å². The summed E-state index contributed by atoms with van der Waals surface area (Å²) in [6.07, 6.45) is -0.579. The predicted octanol–water partition coefficient (Wildman–Crippen LogP) is 2.70. The summed E-state index contributed by atoms with van der Waals surface area (Å²) in [6, 6.07) is 7.27. The molecule has 1 aromatic rings. The summed E-state index contributed by atoms with van der Waals surface area (Å²) in [7, 11) is 0. The quantitative estimate of drug-likeness (QED) is 0.838. The highest BCUT2D eigenvalue weighted by Crippen LogP contribution is 2.08. The van der Waals surface area contributed by atoms with Gasteiger partial charge in [-0.2, -0.15) is 0 Å². The fraction of sp³-hybridized carbons (Fsp3) is 0.429. The molecule has 1 aromatic carbocycles. The molecular weight excluding hydrogens is 230 g/mol. The Balaban J connectivity index is 2.52. The zero-order valence-electron chi connectivity index (χ0n) is 11.2. The van der Waals surface area contributed by atoms with Crippen molar-refractivity contribution in [1.29, 1.82) is 0 Å². The number of benzene rings is 1. The molecule has 0 spiro atoms. The number of alkyl carbamates (subject to hydrolysis) is 1. The standard InChI is InChI=1S/C14H19NO3/c1-10-7-5-6-8-11(10)12(16)9-15-13(17)18-14(2,3)4/h5-8H,9H2,1-4H3,(H,15,17). The van der Waals surface area contributed by atoms with Gasteiger partial charge in [0, 0.05) is 5.56 Å². The summed E-state index contributed by atoms with van der Waals surface area (Å²) >= 11 is 0. The van der Waals surface area contributed by atoms with Crippen molar-refractivity contribution in [2.75, 3.05) is 6.54 Å². The molecule has 0 radical (unpaired) electrons. The molecule has 1 N–H and O–H groups in total. The van der Waals surface area contributed by atoms with E-state index >= 15 is 0 Å². The molecule has 0 aromatic heterocycles. The van der Waals surface area contributed by atoms with Gasteiger partial charge in [-0.3, -0.25) is 4.79 Å². The molecule has 0 saturated heterocycles. The highest BCUT2D eigenvalue weighted by molar-refractivity contribution is 6.00. The zero-order chi connectivity index (χ0) is 13.8. The van der Waals surface area contributed by atoms with Gasteiger partial charge in [-0.05, 0) is 33.3 Å². The predicted molar refractivity (Wildman–Crippen MR) is 69.7 cm³/mol. The highest BCUT2D eigenvalue weighted by Gasteiger charge is 2.17. The number of aryl methyl sites for hydroxylation is 1. The first-order chi connectivity index (χ1) is 8.29. The number of ketones is 1. The molecule has 0 heterocycles. The molecule has 0 unspecified atom stereocenters. The smallest absolute Gasteiger partial charge is 0.408 e. The molecule has 4 heteroatoms. The van der Waals surface area contributed by atoms with Gasteiger partial charge in [0.25, 0.3) is 0 Å². The van der Waals surface area contributed by atoms with Crippen LogP contribution in [-0.4, -0.2) is 24.0 Å². The number of nitrogens with one attached hydrogen (secondary N) is 1. The Morgan fingerprint density at radius 3 is 2.39 bits per heavy atom. The second-order valence-corrected chi connectivity index (χ2v) is 5.09. The lowest BCUT2D eigenvalue weighted by atomic mass is 10.1. The normalized spacial score (nSPS) is 10.9. The largest absolute Gasteiger partial charge is 0.444 e. The average Bonchev–Trinajstić information content (AvgIpc) is 2.24. The number of carbonyl (C=O) groups excluding carboxylic acids is 2. The van der Waals surface area contributed by atoms with Crippen LogP contribution in [0.2, 0.25) is 0 Å². The summed E-state index contributed by atoms with van der Waals surface area (Å²) in [5.74, 6) is -0.126. The Labute approximate surface area is 107 Å². The maximum absolute atomic E-state index is 11.9. The van der Waals surface area contributed by atoms with Crippen LogP contribution in [0.4, 0.5) is 4.79 Å². The maximum Gasteiger partial charge on any atom is 0.408 e. The molecule has 0 aliphatic carbocycles. The number of amides is 1. The summed E-state index contributed by atoms with van der Waals surface area (Å²) in [5, 5.41) is 2.45. The molecule has 18 heavy (non-hydrogen) atoms. The van der Waals surface area contributed by atoms with E-state index in [0.29, 0.717) is 5.56 Å². The summed E-state index contributed by atoms with van der Waals surface area (Å²) in [5.41, 5.74) is 0.956. The van der Waals surface area contributed by atoms with Gasteiger partial charge in [0.05, 0.1) is 6.54 Å². The number of hydrogen-bond donors (Lipinski definition) is 1. The molecule has 0 saturated carbocycles. The average molecular weight is 249 g/mol. The lowest BCUT2D eigenvalue weighted by molar-refractivity contribution is 0.0520. The van der Waals surface area contributed by atoms with Gasteiger partial charge in [-0.15, -0.1) is 0 Å². The van der Waals surface area contributed by atoms with Gasteiger partial charge >= 0.3 is 6.09 Å². The van der Waals surface area contributed by atoms with Crippen molar-refractivity contribution in [1.82, 2.24) is 5.32 Å². The van der Waals surface area contributed by atoms with E-state index in [9.17, 15) is 9.59 Å². The SMILES string of the molecule is Cc1ccccc1C(=O)CNC(=O)OC(C)(C)C. The van der Waals surface area contributed by atoms with Crippen LogP contribution in [0.5, 0.6) is 0 Å². The fourth-order valence-corrected chi connectivity index (χ4v) is 1.45. The first-order valence-electron chi connectivity index (χ1n) is 5.85. The van der Waals surface area contributed by atoms with Crippen molar-refractivity contribution in [3.63, 3.8) is 0 Å².